The third kappa shape index (κ3) is 4.78. The number of rotatable bonds is 7. The van der Waals surface area contributed by atoms with Gasteiger partial charge < -0.3 is 10.5 Å². The predicted octanol–water partition coefficient (Wildman–Crippen LogP) is 2.68. The number of carbonyl (C=O) groups is 2. The van der Waals surface area contributed by atoms with Gasteiger partial charge in [0, 0.05) is 19.9 Å². The second-order valence-electron chi connectivity index (χ2n) is 7.53. The summed E-state index contributed by atoms with van der Waals surface area (Å²) in [4.78, 5) is 26.2. The summed E-state index contributed by atoms with van der Waals surface area (Å²) in [7, 11) is 0. The first-order valence-electron chi connectivity index (χ1n) is 9.78. The zero-order valence-corrected chi connectivity index (χ0v) is 16.3. The van der Waals surface area contributed by atoms with Crippen LogP contribution in [0.2, 0.25) is 0 Å². The maximum absolute atomic E-state index is 12.3. The molecule has 0 radical (unpaired) electrons. The molecule has 3 rings (SSSR count). The van der Waals surface area contributed by atoms with Crippen LogP contribution in [0, 0.1) is 0 Å². The molecule has 28 heavy (non-hydrogen) atoms. The molecule has 1 saturated heterocycles. The van der Waals surface area contributed by atoms with Gasteiger partial charge in [0.2, 0.25) is 5.91 Å². The molecule has 1 amide bonds. The standard InChI is InChI=1S/C23H28N2O3/c1-18(26)28-21(16-19-8-4-2-5-9-19)17-25-14-12-23(13-15-25,22(24)27)20-10-6-3-7-11-20/h2-11,21H,12-17H2,1H3,(H2,24,27). The molecule has 2 N–H and O–H groups in total. The van der Waals surface area contributed by atoms with Crippen molar-refractivity contribution in [2.75, 3.05) is 19.6 Å². The van der Waals surface area contributed by atoms with E-state index in [1.54, 1.807) is 0 Å². The fourth-order valence-electron chi connectivity index (χ4n) is 4.10. The normalized spacial score (nSPS) is 17.6. The number of likely N-dealkylation sites (tertiary alicyclic amines) is 1. The SMILES string of the molecule is CC(=O)OC(Cc1ccccc1)CN1CCC(C(N)=O)(c2ccccc2)CC1. The lowest BCUT2D eigenvalue weighted by Crippen LogP contribution is -2.51. The molecular weight excluding hydrogens is 352 g/mol. The van der Waals surface area contributed by atoms with E-state index in [0.29, 0.717) is 25.8 Å². The Bertz CT molecular complexity index is 784. The quantitative estimate of drug-likeness (QED) is 0.750. The lowest BCUT2D eigenvalue weighted by Gasteiger charge is -2.41. The van der Waals surface area contributed by atoms with Crippen molar-refractivity contribution in [3.63, 3.8) is 0 Å². The van der Waals surface area contributed by atoms with Gasteiger partial charge in [0.1, 0.15) is 6.10 Å². The van der Waals surface area contributed by atoms with Gasteiger partial charge >= 0.3 is 5.97 Å². The largest absolute Gasteiger partial charge is 0.461 e. The number of amides is 1. The molecule has 2 aromatic rings. The molecule has 1 unspecified atom stereocenters. The highest BCUT2D eigenvalue weighted by Gasteiger charge is 2.41. The number of nitrogens with zero attached hydrogens (tertiary/aromatic N) is 1. The molecule has 1 aliphatic heterocycles. The Kier molecular flexibility index (Phi) is 6.47. The molecule has 0 aliphatic carbocycles. The summed E-state index contributed by atoms with van der Waals surface area (Å²) in [5, 5.41) is 0. The van der Waals surface area contributed by atoms with E-state index in [4.69, 9.17) is 10.5 Å². The Morgan fingerprint density at radius 2 is 1.61 bits per heavy atom. The first-order chi connectivity index (χ1) is 13.5. The van der Waals surface area contributed by atoms with Gasteiger partial charge in [-0.1, -0.05) is 60.7 Å². The van der Waals surface area contributed by atoms with Crippen molar-refractivity contribution in [3.05, 3.63) is 71.8 Å². The van der Waals surface area contributed by atoms with Gasteiger partial charge in [-0.05, 0) is 37.1 Å². The van der Waals surface area contributed by atoms with E-state index in [1.807, 2.05) is 60.7 Å². The van der Waals surface area contributed by atoms with E-state index >= 15 is 0 Å². The molecule has 1 atom stereocenters. The molecule has 0 spiro atoms. The maximum Gasteiger partial charge on any atom is 0.302 e. The van der Waals surface area contributed by atoms with Gasteiger partial charge in [0.25, 0.3) is 0 Å². The number of esters is 1. The topological polar surface area (TPSA) is 72.6 Å². The number of nitrogens with two attached hydrogens (primary N) is 1. The van der Waals surface area contributed by atoms with Crippen LogP contribution in [-0.2, 0) is 26.2 Å². The van der Waals surface area contributed by atoms with Gasteiger partial charge in [0.05, 0.1) is 5.41 Å². The minimum Gasteiger partial charge on any atom is -0.461 e. The van der Waals surface area contributed by atoms with E-state index in [1.165, 1.54) is 6.92 Å². The Hall–Kier alpha value is -2.66. The van der Waals surface area contributed by atoms with Gasteiger partial charge in [-0.2, -0.15) is 0 Å². The summed E-state index contributed by atoms with van der Waals surface area (Å²) < 4.78 is 5.57. The summed E-state index contributed by atoms with van der Waals surface area (Å²) in [5.74, 6) is -0.534. The van der Waals surface area contributed by atoms with Crippen LogP contribution in [0.25, 0.3) is 0 Å². The fourth-order valence-corrected chi connectivity index (χ4v) is 4.10. The van der Waals surface area contributed by atoms with Gasteiger partial charge in [-0.3, -0.25) is 14.5 Å². The van der Waals surface area contributed by atoms with Crippen LogP contribution >= 0.6 is 0 Å². The number of primary amides is 1. The Morgan fingerprint density at radius 1 is 1.04 bits per heavy atom. The lowest BCUT2D eigenvalue weighted by atomic mass is 9.72. The maximum atomic E-state index is 12.3. The first-order valence-corrected chi connectivity index (χ1v) is 9.78. The minimum absolute atomic E-state index is 0.210. The molecule has 5 nitrogen and oxygen atoms in total. The number of ether oxygens (including phenoxy) is 1. The average molecular weight is 380 g/mol. The van der Waals surface area contributed by atoms with Crippen molar-refractivity contribution in [1.29, 1.82) is 0 Å². The van der Waals surface area contributed by atoms with Crippen molar-refractivity contribution in [1.82, 2.24) is 4.90 Å². The zero-order valence-electron chi connectivity index (χ0n) is 16.3. The van der Waals surface area contributed by atoms with Gasteiger partial charge in [-0.15, -0.1) is 0 Å². The van der Waals surface area contributed by atoms with Crippen LogP contribution in [0.5, 0.6) is 0 Å². The monoisotopic (exact) mass is 380 g/mol. The second-order valence-corrected chi connectivity index (χ2v) is 7.53. The highest BCUT2D eigenvalue weighted by molar-refractivity contribution is 5.86. The van der Waals surface area contributed by atoms with E-state index in [-0.39, 0.29) is 18.0 Å². The third-order valence-corrected chi connectivity index (χ3v) is 5.61. The summed E-state index contributed by atoms with van der Waals surface area (Å²) in [6.45, 7) is 3.58. The average Bonchev–Trinajstić information content (AvgIpc) is 2.69. The van der Waals surface area contributed by atoms with Crippen LogP contribution in [0.4, 0.5) is 0 Å². The highest BCUT2D eigenvalue weighted by Crippen LogP contribution is 2.35. The van der Waals surface area contributed by atoms with E-state index in [2.05, 4.69) is 4.90 Å². The molecule has 2 aromatic carbocycles. The number of carbonyl (C=O) groups excluding carboxylic acids is 2. The molecule has 0 saturated carbocycles. The van der Waals surface area contributed by atoms with Crippen molar-refractivity contribution < 1.29 is 14.3 Å². The summed E-state index contributed by atoms with van der Waals surface area (Å²) >= 11 is 0. The Morgan fingerprint density at radius 3 is 2.14 bits per heavy atom. The van der Waals surface area contributed by atoms with E-state index in [9.17, 15) is 9.59 Å². The summed E-state index contributed by atoms with van der Waals surface area (Å²) in [6, 6.07) is 19.8. The van der Waals surface area contributed by atoms with Gasteiger partial charge in [0.15, 0.2) is 0 Å². The van der Waals surface area contributed by atoms with Crippen LogP contribution in [0.15, 0.2) is 60.7 Å². The Labute approximate surface area is 166 Å². The van der Waals surface area contributed by atoms with Crippen LogP contribution in [-0.4, -0.2) is 42.5 Å². The number of hydrogen-bond donors (Lipinski definition) is 1. The zero-order chi connectivity index (χ0) is 20.0. The molecule has 1 heterocycles. The smallest absolute Gasteiger partial charge is 0.302 e. The van der Waals surface area contributed by atoms with Crippen molar-refractivity contribution in [2.45, 2.75) is 37.7 Å². The van der Waals surface area contributed by atoms with Gasteiger partial charge in [-0.25, -0.2) is 0 Å². The fraction of sp³-hybridized carbons (Fsp3) is 0.391. The summed E-state index contributed by atoms with van der Waals surface area (Å²) in [6.07, 6.45) is 1.81. The molecule has 1 aliphatic rings. The first kappa shape index (κ1) is 20.1. The number of hydrogen-bond acceptors (Lipinski definition) is 4. The molecule has 1 fully saturated rings. The summed E-state index contributed by atoms with van der Waals surface area (Å²) in [5.41, 5.74) is 7.33. The molecule has 0 bridgehead atoms. The molecule has 5 heteroatoms. The van der Waals surface area contributed by atoms with Crippen LogP contribution in [0.3, 0.4) is 0 Å². The third-order valence-electron chi connectivity index (χ3n) is 5.61. The van der Waals surface area contributed by atoms with Crippen LogP contribution < -0.4 is 5.73 Å². The van der Waals surface area contributed by atoms with Crippen molar-refractivity contribution in [2.24, 2.45) is 5.73 Å². The molecular formula is C23H28N2O3. The number of benzene rings is 2. The van der Waals surface area contributed by atoms with Crippen molar-refractivity contribution >= 4 is 11.9 Å². The minimum atomic E-state index is -0.617. The second kappa shape index (κ2) is 9.02. The van der Waals surface area contributed by atoms with Crippen molar-refractivity contribution in [3.8, 4) is 0 Å². The molecule has 148 valence electrons. The van der Waals surface area contributed by atoms with Crippen LogP contribution in [0.1, 0.15) is 30.9 Å². The predicted molar refractivity (Wildman–Crippen MR) is 109 cm³/mol. The molecule has 0 aromatic heterocycles. The highest BCUT2D eigenvalue weighted by atomic mass is 16.5. The van der Waals surface area contributed by atoms with E-state index < -0.39 is 5.41 Å². The number of piperidine rings is 1. The lowest BCUT2D eigenvalue weighted by molar-refractivity contribution is -0.147. The van der Waals surface area contributed by atoms with E-state index in [0.717, 1.165) is 24.2 Å². The Balaban J connectivity index is 1.66.